The summed E-state index contributed by atoms with van der Waals surface area (Å²) in [6.07, 6.45) is 4.98. The molecule has 0 bridgehead atoms. The Labute approximate surface area is 110 Å². The molecule has 0 saturated heterocycles. The lowest BCUT2D eigenvalue weighted by molar-refractivity contribution is -0.0207. The molecule has 3 atom stereocenters. The number of rotatable bonds is 4. The lowest BCUT2D eigenvalue weighted by Gasteiger charge is -2.33. The van der Waals surface area contributed by atoms with Crippen molar-refractivity contribution < 1.29 is 10.2 Å². The maximum absolute atomic E-state index is 10.4. The molecule has 1 saturated carbocycles. The molecular formula is C16H24O2. The highest BCUT2D eigenvalue weighted by atomic mass is 16.3. The van der Waals surface area contributed by atoms with Gasteiger partial charge in [0.15, 0.2) is 0 Å². The minimum atomic E-state index is -0.567. The van der Waals surface area contributed by atoms with Gasteiger partial charge in [-0.2, -0.15) is 0 Å². The molecule has 1 aliphatic rings. The topological polar surface area (TPSA) is 40.5 Å². The lowest BCUT2D eigenvalue weighted by atomic mass is 9.78. The Morgan fingerprint density at radius 1 is 1.00 bits per heavy atom. The Hall–Kier alpha value is -0.860. The summed E-state index contributed by atoms with van der Waals surface area (Å²) >= 11 is 0. The monoisotopic (exact) mass is 248 g/mol. The molecule has 0 aromatic heterocycles. The number of hydrogen-bond donors (Lipinski definition) is 2. The van der Waals surface area contributed by atoms with Crippen molar-refractivity contribution in [1.29, 1.82) is 0 Å². The van der Waals surface area contributed by atoms with Crippen molar-refractivity contribution in [3.63, 3.8) is 0 Å². The third kappa shape index (κ3) is 3.12. The standard InChI is InChI=1S/C16H24O2/c1-12(15(17)13-8-4-2-5-9-13)16(18)14-10-6-3-7-11-14/h2,4-5,8-9,12,14-18H,3,6-7,10-11H2,1H3/t12-,15+,16+/m0/s1. The Morgan fingerprint density at radius 3 is 2.22 bits per heavy atom. The fourth-order valence-corrected chi connectivity index (χ4v) is 3.05. The van der Waals surface area contributed by atoms with Gasteiger partial charge in [-0.1, -0.05) is 56.5 Å². The summed E-state index contributed by atoms with van der Waals surface area (Å²) in [6.45, 7) is 1.96. The molecule has 1 aromatic rings. The van der Waals surface area contributed by atoms with Gasteiger partial charge in [-0.25, -0.2) is 0 Å². The predicted octanol–water partition coefficient (Wildman–Crippen LogP) is 3.30. The molecule has 0 radical (unpaired) electrons. The molecule has 0 unspecified atom stereocenters. The van der Waals surface area contributed by atoms with Gasteiger partial charge in [0, 0.05) is 5.92 Å². The first-order valence-corrected chi connectivity index (χ1v) is 7.11. The van der Waals surface area contributed by atoms with E-state index < -0.39 is 6.10 Å². The van der Waals surface area contributed by atoms with E-state index in [-0.39, 0.29) is 12.0 Å². The van der Waals surface area contributed by atoms with Crippen LogP contribution in [0.1, 0.15) is 50.7 Å². The van der Waals surface area contributed by atoms with Crippen LogP contribution >= 0.6 is 0 Å². The second kappa shape index (κ2) is 6.35. The summed E-state index contributed by atoms with van der Waals surface area (Å²) < 4.78 is 0. The third-order valence-electron chi connectivity index (χ3n) is 4.31. The van der Waals surface area contributed by atoms with E-state index in [0.29, 0.717) is 5.92 Å². The molecule has 0 amide bonds. The van der Waals surface area contributed by atoms with E-state index in [1.165, 1.54) is 19.3 Å². The van der Waals surface area contributed by atoms with Gasteiger partial charge in [-0.05, 0) is 24.3 Å². The van der Waals surface area contributed by atoms with Crippen LogP contribution in [0, 0.1) is 11.8 Å². The van der Waals surface area contributed by atoms with Crippen molar-refractivity contribution in [3.05, 3.63) is 35.9 Å². The predicted molar refractivity (Wildman–Crippen MR) is 73.1 cm³/mol. The SMILES string of the molecule is C[C@@H]([C@@H](O)c1ccccc1)[C@@H](O)C1CCCCC1. The lowest BCUT2D eigenvalue weighted by Crippen LogP contribution is -2.32. The summed E-state index contributed by atoms with van der Waals surface area (Å²) in [5.74, 6) is 0.266. The van der Waals surface area contributed by atoms with Crippen LogP contribution in [0.2, 0.25) is 0 Å². The van der Waals surface area contributed by atoms with Crippen LogP contribution in [0.25, 0.3) is 0 Å². The molecular weight excluding hydrogens is 224 g/mol. The molecule has 1 aromatic carbocycles. The van der Waals surface area contributed by atoms with Crippen molar-refractivity contribution >= 4 is 0 Å². The zero-order chi connectivity index (χ0) is 13.0. The fourth-order valence-electron chi connectivity index (χ4n) is 3.05. The van der Waals surface area contributed by atoms with E-state index in [1.807, 2.05) is 37.3 Å². The van der Waals surface area contributed by atoms with Gasteiger partial charge in [0.1, 0.15) is 0 Å². The number of aliphatic hydroxyl groups is 2. The van der Waals surface area contributed by atoms with Crippen LogP contribution in [-0.2, 0) is 0 Å². The van der Waals surface area contributed by atoms with Gasteiger partial charge in [-0.3, -0.25) is 0 Å². The van der Waals surface area contributed by atoms with Gasteiger partial charge in [0.2, 0.25) is 0 Å². The molecule has 0 heterocycles. The van der Waals surface area contributed by atoms with E-state index >= 15 is 0 Å². The van der Waals surface area contributed by atoms with Gasteiger partial charge in [-0.15, -0.1) is 0 Å². The fraction of sp³-hybridized carbons (Fsp3) is 0.625. The molecule has 0 aliphatic heterocycles. The molecule has 2 rings (SSSR count). The summed E-state index contributed by atoms with van der Waals surface area (Å²) in [5, 5.41) is 20.7. The maximum Gasteiger partial charge on any atom is 0.0840 e. The Balaban J connectivity index is 1.99. The van der Waals surface area contributed by atoms with E-state index in [2.05, 4.69) is 0 Å². The van der Waals surface area contributed by atoms with Crippen LogP contribution < -0.4 is 0 Å². The van der Waals surface area contributed by atoms with E-state index in [4.69, 9.17) is 0 Å². The molecule has 2 heteroatoms. The van der Waals surface area contributed by atoms with Gasteiger partial charge < -0.3 is 10.2 Å². The minimum Gasteiger partial charge on any atom is -0.392 e. The summed E-state index contributed by atoms with van der Waals surface area (Å²) in [7, 11) is 0. The molecule has 2 N–H and O–H groups in total. The van der Waals surface area contributed by atoms with Crippen molar-refractivity contribution in [2.24, 2.45) is 11.8 Å². The van der Waals surface area contributed by atoms with Crippen LogP contribution in [0.4, 0.5) is 0 Å². The maximum atomic E-state index is 10.4. The Morgan fingerprint density at radius 2 is 1.61 bits per heavy atom. The highest BCUT2D eigenvalue weighted by Gasteiger charge is 2.30. The van der Waals surface area contributed by atoms with Crippen molar-refractivity contribution in [1.82, 2.24) is 0 Å². The molecule has 18 heavy (non-hydrogen) atoms. The Kier molecular flexibility index (Phi) is 4.79. The number of benzene rings is 1. The average Bonchev–Trinajstić information content (AvgIpc) is 2.47. The zero-order valence-corrected chi connectivity index (χ0v) is 11.1. The van der Waals surface area contributed by atoms with Crippen LogP contribution in [0.3, 0.4) is 0 Å². The molecule has 100 valence electrons. The molecule has 1 fully saturated rings. The second-order valence-electron chi connectivity index (χ2n) is 5.60. The number of aliphatic hydroxyl groups excluding tert-OH is 2. The summed E-state index contributed by atoms with van der Waals surface area (Å²) in [6, 6.07) is 9.65. The van der Waals surface area contributed by atoms with Crippen LogP contribution in [0.15, 0.2) is 30.3 Å². The number of hydrogen-bond acceptors (Lipinski definition) is 2. The van der Waals surface area contributed by atoms with E-state index in [0.717, 1.165) is 18.4 Å². The molecule has 2 nitrogen and oxygen atoms in total. The highest BCUT2D eigenvalue weighted by Crippen LogP contribution is 2.34. The minimum absolute atomic E-state index is 0.101. The smallest absolute Gasteiger partial charge is 0.0840 e. The van der Waals surface area contributed by atoms with Gasteiger partial charge in [0.05, 0.1) is 12.2 Å². The molecule has 1 aliphatic carbocycles. The van der Waals surface area contributed by atoms with Crippen molar-refractivity contribution in [3.8, 4) is 0 Å². The highest BCUT2D eigenvalue weighted by molar-refractivity contribution is 5.18. The van der Waals surface area contributed by atoms with Gasteiger partial charge in [0.25, 0.3) is 0 Å². The zero-order valence-electron chi connectivity index (χ0n) is 11.1. The van der Waals surface area contributed by atoms with Crippen LogP contribution in [0.5, 0.6) is 0 Å². The van der Waals surface area contributed by atoms with E-state index in [1.54, 1.807) is 0 Å². The largest absolute Gasteiger partial charge is 0.392 e. The third-order valence-corrected chi connectivity index (χ3v) is 4.31. The van der Waals surface area contributed by atoms with Crippen molar-refractivity contribution in [2.75, 3.05) is 0 Å². The van der Waals surface area contributed by atoms with Crippen LogP contribution in [-0.4, -0.2) is 16.3 Å². The molecule has 0 spiro atoms. The van der Waals surface area contributed by atoms with Crippen molar-refractivity contribution in [2.45, 2.75) is 51.2 Å². The quantitative estimate of drug-likeness (QED) is 0.858. The summed E-state index contributed by atoms with van der Waals surface area (Å²) in [4.78, 5) is 0. The first kappa shape index (κ1) is 13.6. The van der Waals surface area contributed by atoms with Gasteiger partial charge >= 0.3 is 0 Å². The van der Waals surface area contributed by atoms with E-state index in [9.17, 15) is 10.2 Å². The average molecular weight is 248 g/mol. The second-order valence-corrected chi connectivity index (χ2v) is 5.60. The first-order valence-electron chi connectivity index (χ1n) is 7.11. The normalized spacial score (nSPS) is 22.4. The first-order chi connectivity index (χ1) is 8.70. The summed E-state index contributed by atoms with van der Waals surface area (Å²) in [5.41, 5.74) is 0.903. The Bertz CT molecular complexity index is 343.